The Morgan fingerprint density at radius 3 is 1.95 bits per heavy atom. The number of aliphatic hydroxyl groups is 1. The van der Waals surface area contributed by atoms with Crippen LogP contribution in [-0.2, 0) is 11.8 Å². The first-order valence-corrected chi connectivity index (χ1v) is 5.87. The molecule has 1 unspecified atom stereocenters. The molecule has 0 fully saturated rings. The fourth-order valence-corrected chi connectivity index (χ4v) is 1.94. The van der Waals surface area contributed by atoms with Gasteiger partial charge in [-0.1, -0.05) is 24.3 Å². The standard InChI is InChI=1S/C15H12F4O/c1-14(20,10-5-7-13(16)8-6-10)11-3-2-4-12(9-11)15(17,18)19/h2-9,20H,1H3. The quantitative estimate of drug-likeness (QED) is 0.823. The minimum atomic E-state index is -4.48. The number of alkyl halides is 3. The number of hydrogen-bond acceptors (Lipinski definition) is 1. The second kappa shape index (κ2) is 4.90. The van der Waals surface area contributed by atoms with Gasteiger partial charge in [-0.25, -0.2) is 4.39 Å². The van der Waals surface area contributed by atoms with Crippen LogP contribution in [0.2, 0.25) is 0 Å². The van der Waals surface area contributed by atoms with Crippen LogP contribution < -0.4 is 0 Å². The van der Waals surface area contributed by atoms with Gasteiger partial charge in [-0.05, 0) is 42.3 Å². The van der Waals surface area contributed by atoms with Crippen molar-refractivity contribution >= 4 is 0 Å². The maximum Gasteiger partial charge on any atom is 0.416 e. The van der Waals surface area contributed by atoms with Gasteiger partial charge in [0.15, 0.2) is 0 Å². The third-order valence-electron chi connectivity index (χ3n) is 3.16. The molecular weight excluding hydrogens is 272 g/mol. The highest BCUT2D eigenvalue weighted by Crippen LogP contribution is 2.34. The van der Waals surface area contributed by atoms with Crippen molar-refractivity contribution in [2.45, 2.75) is 18.7 Å². The maximum atomic E-state index is 12.9. The summed E-state index contributed by atoms with van der Waals surface area (Å²) in [5.74, 6) is -0.478. The molecule has 1 atom stereocenters. The third-order valence-corrected chi connectivity index (χ3v) is 3.16. The topological polar surface area (TPSA) is 20.2 Å². The summed E-state index contributed by atoms with van der Waals surface area (Å²) >= 11 is 0. The van der Waals surface area contributed by atoms with Crippen LogP contribution in [0, 0.1) is 5.82 Å². The molecule has 0 saturated heterocycles. The molecule has 0 amide bonds. The van der Waals surface area contributed by atoms with Crippen LogP contribution in [0.3, 0.4) is 0 Å². The van der Waals surface area contributed by atoms with E-state index in [1.54, 1.807) is 0 Å². The molecule has 20 heavy (non-hydrogen) atoms. The van der Waals surface area contributed by atoms with Crippen LogP contribution in [0.1, 0.15) is 23.6 Å². The Hall–Kier alpha value is -1.88. The summed E-state index contributed by atoms with van der Waals surface area (Å²) in [5.41, 5.74) is -2.05. The lowest BCUT2D eigenvalue weighted by molar-refractivity contribution is -0.137. The minimum absolute atomic E-state index is 0.0962. The molecule has 2 aromatic rings. The zero-order valence-electron chi connectivity index (χ0n) is 10.6. The number of halogens is 4. The monoisotopic (exact) mass is 284 g/mol. The van der Waals surface area contributed by atoms with E-state index in [2.05, 4.69) is 0 Å². The van der Waals surface area contributed by atoms with E-state index in [1.807, 2.05) is 0 Å². The summed E-state index contributed by atoms with van der Waals surface area (Å²) in [6, 6.07) is 9.45. The van der Waals surface area contributed by atoms with E-state index in [-0.39, 0.29) is 5.56 Å². The van der Waals surface area contributed by atoms with E-state index >= 15 is 0 Å². The predicted octanol–water partition coefficient (Wildman–Crippen LogP) is 4.10. The summed E-state index contributed by atoms with van der Waals surface area (Å²) in [6.45, 7) is 1.37. The van der Waals surface area contributed by atoms with Crippen LogP contribution >= 0.6 is 0 Å². The predicted molar refractivity (Wildman–Crippen MR) is 66.5 cm³/mol. The van der Waals surface area contributed by atoms with Crippen molar-refractivity contribution in [1.82, 2.24) is 0 Å². The van der Waals surface area contributed by atoms with Crippen molar-refractivity contribution in [2.75, 3.05) is 0 Å². The highest BCUT2D eigenvalue weighted by atomic mass is 19.4. The van der Waals surface area contributed by atoms with Crippen molar-refractivity contribution in [3.05, 3.63) is 71.0 Å². The van der Waals surface area contributed by atoms with Gasteiger partial charge in [0.2, 0.25) is 0 Å². The van der Waals surface area contributed by atoms with Gasteiger partial charge in [-0.3, -0.25) is 0 Å². The average molecular weight is 284 g/mol. The largest absolute Gasteiger partial charge is 0.416 e. The molecule has 0 heterocycles. The lowest BCUT2D eigenvalue weighted by Gasteiger charge is -2.25. The normalized spacial score (nSPS) is 14.9. The number of benzene rings is 2. The molecule has 0 radical (unpaired) electrons. The van der Waals surface area contributed by atoms with Crippen molar-refractivity contribution < 1.29 is 22.7 Å². The van der Waals surface area contributed by atoms with E-state index in [9.17, 15) is 22.7 Å². The van der Waals surface area contributed by atoms with Crippen LogP contribution in [0.4, 0.5) is 17.6 Å². The van der Waals surface area contributed by atoms with Crippen molar-refractivity contribution in [3.8, 4) is 0 Å². The molecule has 0 bridgehead atoms. The van der Waals surface area contributed by atoms with Crippen LogP contribution in [-0.4, -0.2) is 5.11 Å². The first kappa shape index (κ1) is 14.5. The van der Waals surface area contributed by atoms with Gasteiger partial charge in [-0.2, -0.15) is 13.2 Å². The zero-order valence-corrected chi connectivity index (χ0v) is 10.6. The molecular formula is C15H12F4O. The van der Waals surface area contributed by atoms with Gasteiger partial charge in [0.05, 0.1) is 5.56 Å². The highest BCUT2D eigenvalue weighted by molar-refractivity contribution is 5.37. The SMILES string of the molecule is CC(O)(c1ccc(F)cc1)c1cccc(C(F)(F)F)c1. The van der Waals surface area contributed by atoms with E-state index in [0.717, 1.165) is 24.3 Å². The van der Waals surface area contributed by atoms with Gasteiger partial charge < -0.3 is 5.11 Å². The van der Waals surface area contributed by atoms with Gasteiger partial charge >= 0.3 is 6.18 Å². The maximum absolute atomic E-state index is 12.9. The molecule has 5 heteroatoms. The van der Waals surface area contributed by atoms with E-state index < -0.39 is 23.2 Å². The summed E-state index contributed by atoms with van der Waals surface area (Å²) in [7, 11) is 0. The van der Waals surface area contributed by atoms with Gasteiger partial charge in [0.25, 0.3) is 0 Å². The number of rotatable bonds is 2. The lowest BCUT2D eigenvalue weighted by atomic mass is 9.87. The van der Waals surface area contributed by atoms with Crippen LogP contribution in [0.25, 0.3) is 0 Å². The third kappa shape index (κ3) is 2.82. The fraction of sp³-hybridized carbons (Fsp3) is 0.200. The minimum Gasteiger partial charge on any atom is -0.381 e. The number of hydrogen-bond donors (Lipinski definition) is 1. The molecule has 0 saturated carbocycles. The second-order valence-corrected chi connectivity index (χ2v) is 4.66. The Morgan fingerprint density at radius 2 is 1.40 bits per heavy atom. The Kier molecular flexibility index (Phi) is 3.56. The Balaban J connectivity index is 2.46. The summed E-state index contributed by atoms with van der Waals surface area (Å²) in [4.78, 5) is 0. The highest BCUT2D eigenvalue weighted by Gasteiger charge is 2.33. The Bertz CT molecular complexity index is 600. The Morgan fingerprint density at radius 1 is 0.850 bits per heavy atom. The second-order valence-electron chi connectivity index (χ2n) is 4.66. The van der Waals surface area contributed by atoms with Crippen molar-refractivity contribution in [1.29, 1.82) is 0 Å². The molecule has 2 aromatic carbocycles. The van der Waals surface area contributed by atoms with Gasteiger partial charge in [-0.15, -0.1) is 0 Å². The summed E-state index contributed by atoms with van der Waals surface area (Å²) < 4.78 is 50.9. The van der Waals surface area contributed by atoms with E-state index in [0.29, 0.717) is 5.56 Å². The van der Waals surface area contributed by atoms with Crippen LogP contribution in [0.5, 0.6) is 0 Å². The molecule has 0 spiro atoms. The first-order chi connectivity index (χ1) is 9.21. The van der Waals surface area contributed by atoms with Crippen molar-refractivity contribution in [3.63, 3.8) is 0 Å². The molecule has 0 aliphatic carbocycles. The average Bonchev–Trinajstić information content (AvgIpc) is 2.38. The van der Waals surface area contributed by atoms with E-state index in [1.165, 1.54) is 31.2 Å². The van der Waals surface area contributed by atoms with Gasteiger partial charge in [0.1, 0.15) is 11.4 Å². The van der Waals surface area contributed by atoms with Gasteiger partial charge in [0, 0.05) is 0 Å². The first-order valence-electron chi connectivity index (χ1n) is 5.87. The Labute approximate surface area is 113 Å². The molecule has 0 aliphatic rings. The lowest BCUT2D eigenvalue weighted by Crippen LogP contribution is -2.23. The molecule has 1 N–H and O–H groups in total. The smallest absolute Gasteiger partial charge is 0.381 e. The van der Waals surface area contributed by atoms with Crippen LogP contribution in [0.15, 0.2) is 48.5 Å². The molecule has 106 valence electrons. The molecule has 2 rings (SSSR count). The summed E-state index contributed by atoms with van der Waals surface area (Å²) in [6.07, 6.45) is -4.48. The van der Waals surface area contributed by atoms with Crippen molar-refractivity contribution in [2.24, 2.45) is 0 Å². The molecule has 1 nitrogen and oxygen atoms in total. The van der Waals surface area contributed by atoms with E-state index in [4.69, 9.17) is 0 Å². The molecule has 0 aromatic heterocycles. The molecule has 0 aliphatic heterocycles. The summed E-state index contributed by atoms with van der Waals surface area (Å²) in [5, 5.41) is 10.4. The fourth-order valence-electron chi connectivity index (χ4n) is 1.94. The zero-order chi connectivity index (χ0) is 15.0.